The van der Waals surface area contributed by atoms with Crippen molar-refractivity contribution < 1.29 is 14.6 Å². The van der Waals surface area contributed by atoms with E-state index < -0.39 is 0 Å². The number of rotatable bonds is 7. The quantitative estimate of drug-likeness (QED) is 0.503. The fraction of sp³-hybridized carbons (Fsp3) is 0.182. The van der Waals surface area contributed by atoms with Gasteiger partial charge < -0.3 is 19.5 Å². The van der Waals surface area contributed by atoms with Crippen molar-refractivity contribution in [3.8, 4) is 22.8 Å². The number of aliphatic hydroxyl groups excluding tert-OH is 1. The molecule has 0 fully saturated rings. The normalized spacial score (nSPS) is 10.8. The van der Waals surface area contributed by atoms with E-state index in [2.05, 4.69) is 19.9 Å². The maximum absolute atomic E-state index is 9.63. The van der Waals surface area contributed by atoms with Gasteiger partial charge in [-0.3, -0.25) is 0 Å². The molecule has 0 aliphatic carbocycles. The van der Waals surface area contributed by atoms with Gasteiger partial charge in [0.05, 0.1) is 44.6 Å². The Morgan fingerprint density at radius 2 is 1.63 bits per heavy atom. The molecule has 0 atom stereocenters. The average Bonchev–Trinajstić information content (AvgIpc) is 2.82. The Hall–Kier alpha value is -3.78. The van der Waals surface area contributed by atoms with Crippen LogP contribution in [0.4, 0.5) is 11.6 Å². The minimum absolute atomic E-state index is 0.0867. The molecular formula is C22H21N5O3. The van der Waals surface area contributed by atoms with Gasteiger partial charge in [0.2, 0.25) is 5.95 Å². The summed E-state index contributed by atoms with van der Waals surface area (Å²) >= 11 is 0. The number of methoxy groups -OCH3 is 2. The van der Waals surface area contributed by atoms with Crippen molar-refractivity contribution in [3.63, 3.8) is 0 Å². The number of benzene rings is 2. The first-order chi connectivity index (χ1) is 14.7. The molecule has 0 bridgehead atoms. The second-order valence-electron chi connectivity index (χ2n) is 6.45. The van der Waals surface area contributed by atoms with Crippen LogP contribution in [0.2, 0.25) is 0 Å². The van der Waals surface area contributed by atoms with Crippen molar-refractivity contribution in [2.75, 3.05) is 32.3 Å². The van der Waals surface area contributed by atoms with E-state index >= 15 is 0 Å². The Labute approximate surface area is 173 Å². The molecular weight excluding hydrogens is 382 g/mol. The summed E-state index contributed by atoms with van der Waals surface area (Å²) in [6.45, 7) is 0.199. The lowest BCUT2D eigenvalue weighted by Crippen LogP contribution is -2.23. The summed E-state index contributed by atoms with van der Waals surface area (Å²) in [6, 6.07) is 15.2. The first kappa shape index (κ1) is 19.5. The summed E-state index contributed by atoms with van der Waals surface area (Å²) < 4.78 is 10.7. The fourth-order valence-electron chi connectivity index (χ4n) is 3.08. The van der Waals surface area contributed by atoms with E-state index in [0.717, 1.165) is 16.9 Å². The fourth-order valence-corrected chi connectivity index (χ4v) is 3.08. The molecule has 2 aromatic heterocycles. The van der Waals surface area contributed by atoms with E-state index in [9.17, 15) is 5.11 Å². The third kappa shape index (κ3) is 3.99. The largest absolute Gasteiger partial charge is 0.497 e. The summed E-state index contributed by atoms with van der Waals surface area (Å²) in [5.41, 5.74) is 3.47. The zero-order chi connectivity index (χ0) is 20.9. The second kappa shape index (κ2) is 8.71. The van der Waals surface area contributed by atoms with Gasteiger partial charge in [-0.05, 0) is 0 Å². The highest BCUT2D eigenvalue weighted by molar-refractivity contribution is 5.75. The highest BCUT2D eigenvalue weighted by atomic mass is 16.5. The van der Waals surface area contributed by atoms with Gasteiger partial charge in [0.25, 0.3) is 0 Å². The van der Waals surface area contributed by atoms with Crippen LogP contribution in [0.5, 0.6) is 11.5 Å². The van der Waals surface area contributed by atoms with Crippen molar-refractivity contribution in [3.05, 3.63) is 60.9 Å². The van der Waals surface area contributed by atoms with Gasteiger partial charge >= 0.3 is 0 Å². The summed E-state index contributed by atoms with van der Waals surface area (Å²) in [6.07, 6.45) is 3.33. The number of ether oxygens (including phenoxy) is 2. The number of fused-ring (bicyclic) bond motifs is 1. The Kier molecular flexibility index (Phi) is 5.67. The molecule has 2 heterocycles. The molecule has 30 heavy (non-hydrogen) atoms. The molecule has 0 amide bonds. The van der Waals surface area contributed by atoms with E-state index in [0.29, 0.717) is 28.6 Å². The highest BCUT2D eigenvalue weighted by Gasteiger charge is 2.16. The topological polar surface area (TPSA) is 93.5 Å². The standard InChI is InChI=1S/C22H21N5O3/c1-29-17-10-16(11-18(12-17)30-2)27(8-9-28)22-24-14-20-21(26-22)25-19(13-23-20)15-6-4-3-5-7-15/h3-7,10-14,28H,8-9H2,1-2H3. The molecule has 0 saturated heterocycles. The van der Waals surface area contributed by atoms with Gasteiger partial charge in [0.1, 0.15) is 17.0 Å². The van der Waals surface area contributed by atoms with Crippen molar-refractivity contribution >= 4 is 22.8 Å². The van der Waals surface area contributed by atoms with Gasteiger partial charge in [-0.2, -0.15) is 4.98 Å². The van der Waals surface area contributed by atoms with Crippen LogP contribution >= 0.6 is 0 Å². The third-order valence-corrected chi connectivity index (χ3v) is 4.57. The maximum Gasteiger partial charge on any atom is 0.232 e. The maximum atomic E-state index is 9.63. The molecule has 4 aromatic rings. The zero-order valence-corrected chi connectivity index (χ0v) is 16.7. The molecule has 0 radical (unpaired) electrons. The molecule has 4 rings (SSSR count). The zero-order valence-electron chi connectivity index (χ0n) is 16.7. The van der Waals surface area contributed by atoms with E-state index in [4.69, 9.17) is 9.47 Å². The van der Waals surface area contributed by atoms with Crippen LogP contribution in [0.1, 0.15) is 0 Å². The first-order valence-corrected chi connectivity index (χ1v) is 9.38. The molecule has 0 saturated carbocycles. The monoisotopic (exact) mass is 403 g/mol. The van der Waals surface area contributed by atoms with Crippen molar-refractivity contribution in [2.24, 2.45) is 0 Å². The van der Waals surface area contributed by atoms with Crippen molar-refractivity contribution in [2.45, 2.75) is 0 Å². The molecule has 0 aliphatic rings. The number of hydrogen-bond acceptors (Lipinski definition) is 8. The molecule has 152 valence electrons. The van der Waals surface area contributed by atoms with E-state index in [-0.39, 0.29) is 13.2 Å². The summed E-state index contributed by atoms with van der Waals surface area (Å²) in [7, 11) is 3.17. The molecule has 1 N–H and O–H groups in total. The van der Waals surface area contributed by atoms with E-state index in [1.54, 1.807) is 37.6 Å². The van der Waals surface area contributed by atoms with Gasteiger partial charge in [0, 0.05) is 30.3 Å². The van der Waals surface area contributed by atoms with Crippen LogP contribution in [0, 0.1) is 0 Å². The van der Waals surface area contributed by atoms with E-state index in [1.807, 2.05) is 42.5 Å². The molecule has 0 aliphatic heterocycles. The number of hydrogen-bond donors (Lipinski definition) is 1. The Morgan fingerprint density at radius 1 is 0.900 bits per heavy atom. The minimum atomic E-state index is -0.0867. The van der Waals surface area contributed by atoms with Gasteiger partial charge in [-0.1, -0.05) is 30.3 Å². The third-order valence-electron chi connectivity index (χ3n) is 4.57. The predicted molar refractivity (Wildman–Crippen MR) is 114 cm³/mol. The van der Waals surface area contributed by atoms with Gasteiger partial charge in [-0.25, -0.2) is 15.0 Å². The van der Waals surface area contributed by atoms with E-state index in [1.165, 1.54) is 0 Å². The van der Waals surface area contributed by atoms with Crippen LogP contribution < -0.4 is 14.4 Å². The molecule has 0 spiro atoms. The van der Waals surface area contributed by atoms with Crippen molar-refractivity contribution in [1.82, 2.24) is 19.9 Å². The summed E-state index contributed by atoms with van der Waals surface area (Å²) in [4.78, 5) is 19.9. The summed E-state index contributed by atoms with van der Waals surface area (Å²) in [5.74, 6) is 1.64. The minimum Gasteiger partial charge on any atom is -0.497 e. The van der Waals surface area contributed by atoms with Crippen LogP contribution in [0.3, 0.4) is 0 Å². The number of aromatic nitrogens is 4. The number of anilines is 2. The lowest BCUT2D eigenvalue weighted by atomic mass is 10.2. The smallest absolute Gasteiger partial charge is 0.232 e. The Bertz CT molecular complexity index is 1130. The molecule has 8 heteroatoms. The predicted octanol–water partition coefficient (Wildman–Crippen LogP) is 3.23. The SMILES string of the molecule is COc1cc(OC)cc(N(CCO)c2ncc3ncc(-c4ccccc4)nc3n2)c1. The first-order valence-electron chi connectivity index (χ1n) is 9.38. The average molecular weight is 403 g/mol. The van der Waals surface area contributed by atoms with Gasteiger partial charge in [0.15, 0.2) is 5.65 Å². The van der Waals surface area contributed by atoms with Crippen molar-refractivity contribution in [1.29, 1.82) is 0 Å². The lowest BCUT2D eigenvalue weighted by molar-refractivity contribution is 0.305. The van der Waals surface area contributed by atoms with Crippen LogP contribution in [0.25, 0.3) is 22.4 Å². The number of aliphatic hydroxyl groups is 1. The Morgan fingerprint density at radius 3 is 2.30 bits per heavy atom. The highest BCUT2D eigenvalue weighted by Crippen LogP contribution is 2.31. The number of nitrogens with zero attached hydrogens (tertiary/aromatic N) is 5. The summed E-state index contributed by atoms with van der Waals surface area (Å²) in [5, 5.41) is 9.63. The molecule has 2 aromatic carbocycles. The molecule has 8 nitrogen and oxygen atoms in total. The second-order valence-corrected chi connectivity index (χ2v) is 6.45. The lowest BCUT2D eigenvalue weighted by Gasteiger charge is -2.23. The van der Waals surface area contributed by atoms with Crippen LogP contribution in [-0.2, 0) is 0 Å². The Balaban J connectivity index is 1.79. The molecule has 0 unspecified atom stereocenters. The van der Waals surface area contributed by atoms with Crippen LogP contribution in [-0.4, -0.2) is 52.4 Å². The van der Waals surface area contributed by atoms with Crippen LogP contribution in [0.15, 0.2) is 60.9 Å². The van der Waals surface area contributed by atoms with Gasteiger partial charge in [-0.15, -0.1) is 0 Å².